The first-order valence-corrected chi connectivity index (χ1v) is 14.0. The zero-order valence-electron chi connectivity index (χ0n) is 23.9. The third-order valence-electron chi connectivity index (χ3n) is 6.37. The molecule has 0 radical (unpaired) electrons. The van der Waals surface area contributed by atoms with Gasteiger partial charge in [0.2, 0.25) is 17.7 Å². The van der Waals surface area contributed by atoms with Gasteiger partial charge in [0.25, 0.3) is 0 Å². The molecule has 0 saturated carbocycles. The summed E-state index contributed by atoms with van der Waals surface area (Å²) >= 11 is 0. The predicted molar refractivity (Wildman–Crippen MR) is 149 cm³/mol. The lowest BCUT2D eigenvalue weighted by molar-refractivity contribution is -0.203. The Hall–Kier alpha value is -2.71. The Kier molecular flexibility index (Phi) is 13.5. The highest BCUT2D eigenvalue weighted by molar-refractivity contribution is 5.89. The van der Waals surface area contributed by atoms with E-state index in [4.69, 9.17) is 9.57 Å². The Morgan fingerprint density at radius 3 is 2.29 bits per heavy atom. The molecule has 1 saturated heterocycles. The summed E-state index contributed by atoms with van der Waals surface area (Å²) in [5, 5.41) is 1.41. The standard InChI is InChI=1S/C30H47N3O5/c1-21(2)19-26(28(34)31-33(20-22(3)4)30(36)23(5)6)25(16-12-15-24-13-8-7-9-14-24)29(35)32-38-27-17-10-11-18-37-27/h7-9,12-15,21-23,25-27H,10-11,16-20H2,1-6H3,(H,31,34)(H,32,35)/t25-,26+,27?/m0/s1. The Balaban J connectivity index is 2.28. The van der Waals surface area contributed by atoms with Crippen LogP contribution in [0.2, 0.25) is 0 Å². The molecule has 38 heavy (non-hydrogen) atoms. The molecular formula is C30H47N3O5. The number of hydrazine groups is 1. The second-order valence-corrected chi connectivity index (χ2v) is 11.2. The maximum absolute atomic E-state index is 13.7. The molecule has 1 aliphatic rings. The van der Waals surface area contributed by atoms with Gasteiger partial charge < -0.3 is 4.74 Å². The van der Waals surface area contributed by atoms with Crippen LogP contribution in [-0.2, 0) is 24.0 Å². The number of benzene rings is 1. The Bertz CT molecular complexity index is 894. The van der Waals surface area contributed by atoms with Crippen LogP contribution in [0.3, 0.4) is 0 Å². The van der Waals surface area contributed by atoms with E-state index in [1.54, 1.807) is 0 Å². The summed E-state index contributed by atoms with van der Waals surface area (Å²) in [4.78, 5) is 45.6. The second-order valence-electron chi connectivity index (χ2n) is 11.2. The third-order valence-corrected chi connectivity index (χ3v) is 6.37. The van der Waals surface area contributed by atoms with Crippen LogP contribution in [0.4, 0.5) is 0 Å². The number of hydroxylamine groups is 1. The van der Waals surface area contributed by atoms with Crippen LogP contribution < -0.4 is 10.9 Å². The molecule has 1 aromatic rings. The largest absolute Gasteiger partial charge is 0.350 e. The van der Waals surface area contributed by atoms with E-state index in [2.05, 4.69) is 10.9 Å². The molecule has 8 nitrogen and oxygen atoms in total. The first-order valence-electron chi connectivity index (χ1n) is 14.0. The summed E-state index contributed by atoms with van der Waals surface area (Å²) < 4.78 is 5.58. The fourth-order valence-electron chi connectivity index (χ4n) is 4.42. The van der Waals surface area contributed by atoms with E-state index in [-0.39, 0.29) is 35.5 Å². The van der Waals surface area contributed by atoms with E-state index < -0.39 is 18.1 Å². The van der Waals surface area contributed by atoms with Crippen molar-refractivity contribution in [3.05, 3.63) is 42.0 Å². The Morgan fingerprint density at radius 1 is 1.00 bits per heavy atom. The monoisotopic (exact) mass is 529 g/mol. The molecule has 3 atom stereocenters. The molecule has 0 aromatic heterocycles. The van der Waals surface area contributed by atoms with Crippen molar-refractivity contribution in [2.75, 3.05) is 13.2 Å². The molecule has 212 valence electrons. The summed E-state index contributed by atoms with van der Waals surface area (Å²) in [6, 6.07) is 9.81. The van der Waals surface area contributed by atoms with E-state index in [1.165, 1.54) is 5.01 Å². The minimum absolute atomic E-state index is 0.154. The van der Waals surface area contributed by atoms with Gasteiger partial charge in [0, 0.05) is 25.5 Å². The van der Waals surface area contributed by atoms with Gasteiger partial charge in [0.15, 0.2) is 6.29 Å². The van der Waals surface area contributed by atoms with Gasteiger partial charge >= 0.3 is 0 Å². The fraction of sp³-hybridized carbons (Fsp3) is 0.633. The van der Waals surface area contributed by atoms with Gasteiger partial charge in [-0.15, -0.1) is 0 Å². The zero-order chi connectivity index (χ0) is 28.1. The number of amides is 3. The van der Waals surface area contributed by atoms with Crippen molar-refractivity contribution in [2.24, 2.45) is 29.6 Å². The maximum Gasteiger partial charge on any atom is 0.247 e. The molecule has 1 heterocycles. The number of ether oxygens (including phenoxy) is 1. The summed E-state index contributed by atoms with van der Waals surface area (Å²) in [7, 11) is 0. The van der Waals surface area contributed by atoms with Crippen LogP contribution in [0.1, 0.15) is 79.2 Å². The van der Waals surface area contributed by atoms with Crippen molar-refractivity contribution in [3.8, 4) is 0 Å². The molecule has 0 aliphatic carbocycles. The van der Waals surface area contributed by atoms with Crippen LogP contribution >= 0.6 is 0 Å². The lowest BCUT2D eigenvalue weighted by atomic mass is 9.82. The number of allylic oxidation sites excluding steroid dienone is 1. The van der Waals surface area contributed by atoms with Gasteiger partial charge in [-0.25, -0.2) is 10.3 Å². The molecular weight excluding hydrogens is 482 g/mol. The van der Waals surface area contributed by atoms with Crippen molar-refractivity contribution < 1.29 is 24.0 Å². The fourth-order valence-corrected chi connectivity index (χ4v) is 4.42. The molecule has 8 heteroatoms. The highest BCUT2D eigenvalue weighted by Gasteiger charge is 2.36. The lowest BCUT2D eigenvalue weighted by Gasteiger charge is -2.32. The molecule has 1 unspecified atom stereocenters. The van der Waals surface area contributed by atoms with Crippen molar-refractivity contribution in [2.45, 2.75) is 79.9 Å². The molecule has 1 fully saturated rings. The summed E-state index contributed by atoms with van der Waals surface area (Å²) in [6.07, 6.45) is 6.84. The number of nitrogens with zero attached hydrogens (tertiary/aromatic N) is 1. The van der Waals surface area contributed by atoms with E-state index in [9.17, 15) is 14.4 Å². The average molecular weight is 530 g/mol. The van der Waals surface area contributed by atoms with Crippen molar-refractivity contribution >= 4 is 23.8 Å². The van der Waals surface area contributed by atoms with Crippen LogP contribution in [0, 0.1) is 29.6 Å². The minimum Gasteiger partial charge on any atom is -0.350 e. The second kappa shape index (κ2) is 16.3. The Morgan fingerprint density at radius 2 is 1.71 bits per heavy atom. The van der Waals surface area contributed by atoms with Crippen molar-refractivity contribution in [1.29, 1.82) is 0 Å². The van der Waals surface area contributed by atoms with Gasteiger partial charge in [-0.2, -0.15) is 0 Å². The quantitative estimate of drug-likeness (QED) is 0.346. The van der Waals surface area contributed by atoms with Gasteiger partial charge in [-0.1, -0.05) is 84.0 Å². The number of hydrogen-bond acceptors (Lipinski definition) is 5. The van der Waals surface area contributed by atoms with Crippen LogP contribution in [0.5, 0.6) is 0 Å². The molecule has 2 N–H and O–H groups in total. The molecule has 3 amide bonds. The summed E-state index contributed by atoms with van der Waals surface area (Å²) in [5.41, 5.74) is 6.45. The average Bonchev–Trinajstić information content (AvgIpc) is 2.88. The Labute approximate surface area is 228 Å². The van der Waals surface area contributed by atoms with Crippen LogP contribution in [0.15, 0.2) is 36.4 Å². The zero-order valence-corrected chi connectivity index (χ0v) is 23.9. The topological polar surface area (TPSA) is 97.0 Å². The van der Waals surface area contributed by atoms with E-state index >= 15 is 0 Å². The van der Waals surface area contributed by atoms with Crippen LogP contribution in [0.25, 0.3) is 6.08 Å². The van der Waals surface area contributed by atoms with Crippen molar-refractivity contribution in [3.63, 3.8) is 0 Å². The highest BCUT2D eigenvalue weighted by atomic mass is 16.8. The predicted octanol–water partition coefficient (Wildman–Crippen LogP) is 5.11. The minimum atomic E-state index is -0.698. The third kappa shape index (κ3) is 11.0. The summed E-state index contributed by atoms with van der Waals surface area (Å²) in [5.74, 6) is -2.18. The van der Waals surface area contributed by atoms with E-state index in [0.29, 0.717) is 32.4 Å². The van der Waals surface area contributed by atoms with Gasteiger partial charge in [0.05, 0.1) is 11.8 Å². The highest BCUT2D eigenvalue weighted by Crippen LogP contribution is 2.26. The number of rotatable bonds is 13. The number of carbonyl (C=O) groups is 3. The molecule has 1 aliphatic heterocycles. The molecule has 2 rings (SSSR count). The normalized spacial score (nSPS) is 17.6. The van der Waals surface area contributed by atoms with E-state index in [0.717, 1.165) is 18.4 Å². The SMILES string of the molecule is CC(C)C[C@@H](C(=O)NN(CC(C)C)C(=O)C(C)C)[C@H](CC=Cc1ccccc1)C(=O)NOC1CCCCO1. The smallest absolute Gasteiger partial charge is 0.247 e. The summed E-state index contributed by atoms with van der Waals surface area (Å²) in [6.45, 7) is 12.6. The van der Waals surface area contributed by atoms with Gasteiger partial charge in [-0.05, 0) is 43.1 Å². The number of hydrogen-bond donors (Lipinski definition) is 2. The first kappa shape index (κ1) is 31.5. The van der Waals surface area contributed by atoms with Gasteiger partial charge in [-0.3, -0.25) is 24.8 Å². The number of nitrogens with one attached hydrogen (secondary N) is 2. The van der Waals surface area contributed by atoms with Gasteiger partial charge in [0.1, 0.15) is 0 Å². The van der Waals surface area contributed by atoms with Crippen LogP contribution in [-0.4, -0.2) is 42.2 Å². The molecule has 1 aromatic carbocycles. The lowest BCUT2D eigenvalue weighted by Crippen LogP contribution is -2.53. The maximum atomic E-state index is 13.7. The van der Waals surface area contributed by atoms with Crippen molar-refractivity contribution in [1.82, 2.24) is 15.9 Å². The first-order chi connectivity index (χ1) is 18.1. The number of carbonyl (C=O) groups excluding carboxylic acids is 3. The molecule has 0 spiro atoms. The van der Waals surface area contributed by atoms with E-state index in [1.807, 2.05) is 84.0 Å². The molecule has 0 bridgehead atoms.